The predicted molar refractivity (Wildman–Crippen MR) is 77.1 cm³/mol. The van der Waals surface area contributed by atoms with E-state index in [1.807, 2.05) is 4.90 Å². The van der Waals surface area contributed by atoms with Gasteiger partial charge in [-0.1, -0.05) is 18.5 Å². The molecule has 6 nitrogen and oxygen atoms in total. The number of hydrogen-bond acceptors (Lipinski definition) is 5. The summed E-state index contributed by atoms with van der Waals surface area (Å²) in [6.07, 6.45) is 1.71. The largest absolute Gasteiger partial charge is 0.377 e. The van der Waals surface area contributed by atoms with Crippen LogP contribution in [-0.2, 0) is 16.0 Å². The lowest BCUT2D eigenvalue weighted by Gasteiger charge is -2.35. The Bertz CT molecular complexity index is 483. The molecule has 1 aromatic rings. The van der Waals surface area contributed by atoms with Gasteiger partial charge in [0, 0.05) is 26.1 Å². The van der Waals surface area contributed by atoms with Crippen molar-refractivity contribution in [3.8, 4) is 0 Å². The Balaban J connectivity index is 2.29. The molecule has 110 valence electrons. The first-order chi connectivity index (χ1) is 9.65. The topological polar surface area (TPSA) is 67.4 Å². The standard InChI is InChI=1S/C13H19ClN4O2/c1-3-4-11-16-10(14)7-12(17-11)18-5-6-20-8-9(18)13(19)15-2/h7,9H,3-6,8H2,1-2H3,(H,15,19). The number of amides is 1. The minimum absolute atomic E-state index is 0.0866. The number of halogens is 1. The zero-order valence-electron chi connectivity index (χ0n) is 11.7. The van der Waals surface area contributed by atoms with E-state index in [4.69, 9.17) is 16.3 Å². The number of hydrogen-bond donors (Lipinski definition) is 1. The molecular formula is C13H19ClN4O2. The molecule has 1 fully saturated rings. The van der Waals surface area contributed by atoms with E-state index >= 15 is 0 Å². The highest BCUT2D eigenvalue weighted by Gasteiger charge is 2.30. The highest BCUT2D eigenvalue weighted by Crippen LogP contribution is 2.21. The van der Waals surface area contributed by atoms with Crippen molar-refractivity contribution in [1.29, 1.82) is 0 Å². The Morgan fingerprint density at radius 1 is 1.60 bits per heavy atom. The van der Waals surface area contributed by atoms with Crippen molar-refractivity contribution in [1.82, 2.24) is 15.3 Å². The van der Waals surface area contributed by atoms with Crippen LogP contribution in [0.5, 0.6) is 0 Å². The Morgan fingerprint density at radius 3 is 3.10 bits per heavy atom. The Morgan fingerprint density at radius 2 is 2.40 bits per heavy atom. The molecule has 0 bridgehead atoms. The quantitative estimate of drug-likeness (QED) is 0.841. The molecule has 1 atom stereocenters. The third-order valence-corrected chi connectivity index (χ3v) is 3.37. The molecule has 1 aliphatic heterocycles. The van der Waals surface area contributed by atoms with Crippen LogP contribution in [0, 0.1) is 0 Å². The van der Waals surface area contributed by atoms with Crippen LogP contribution in [0.4, 0.5) is 5.82 Å². The fourth-order valence-electron chi connectivity index (χ4n) is 2.20. The molecular weight excluding hydrogens is 280 g/mol. The van der Waals surface area contributed by atoms with Crippen molar-refractivity contribution in [2.75, 3.05) is 31.7 Å². The third-order valence-electron chi connectivity index (χ3n) is 3.17. The lowest BCUT2D eigenvalue weighted by Crippen LogP contribution is -2.53. The van der Waals surface area contributed by atoms with Crippen molar-refractivity contribution in [3.63, 3.8) is 0 Å². The number of nitrogens with one attached hydrogen (secondary N) is 1. The number of carbonyl (C=O) groups is 1. The number of aryl methyl sites for hydroxylation is 1. The maximum atomic E-state index is 11.9. The van der Waals surface area contributed by atoms with E-state index in [1.54, 1.807) is 13.1 Å². The van der Waals surface area contributed by atoms with Crippen LogP contribution in [0.15, 0.2) is 6.07 Å². The molecule has 1 amide bonds. The number of ether oxygens (including phenoxy) is 1. The number of nitrogens with zero attached hydrogens (tertiary/aromatic N) is 3. The van der Waals surface area contributed by atoms with Crippen LogP contribution in [-0.4, -0.2) is 48.7 Å². The highest BCUT2D eigenvalue weighted by atomic mass is 35.5. The molecule has 0 radical (unpaired) electrons. The second-order valence-electron chi connectivity index (χ2n) is 4.61. The third kappa shape index (κ3) is 3.37. The predicted octanol–water partition coefficient (Wildman–Crippen LogP) is 1.03. The number of likely N-dealkylation sites (N-methyl/N-ethyl adjacent to an activating group) is 1. The highest BCUT2D eigenvalue weighted by molar-refractivity contribution is 6.29. The number of carbonyl (C=O) groups excluding carboxylic acids is 1. The molecule has 0 aliphatic carbocycles. The Hall–Kier alpha value is -1.40. The van der Waals surface area contributed by atoms with Gasteiger partial charge in [-0.25, -0.2) is 9.97 Å². The van der Waals surface area contributed by atoms with Gasteiger partial charge in [-0.3, -0.25) is 4.79 Å². The fourth-order valence-corrected chi connectivity index (χ4v) is 2.39. The first kappa shape index (κ1) is 15.0. The summed E-state index contributed by atoms with van der Waals surface area (Å²) in [5.41, 5.74) is 0. The molecule has 1 aliphatic rings. The average Bonchev–Trinajstić information content (AvgIpc) is 2.46. The maximum absolute atomic E-state index is 11.9. The van der Waals surface area contributed by atoms with E-state index in [9.17, 15) is 4.79 Å². The SMILES string of the molecule is CCCc1nc(Cl)cc(N2CCOCC2C(=O)NC)n1. The molecule has 20 heavy (non-hydrogen) atoms. The lowest BCUT2D eigenvalue weighted by molar-refractivity contribution is -0.124. The van der Waals surface area contributed by atoms with Gasteiger partial charge in [-0.15, -0.1) is 0 Å². The Kier molecular flexibility index (Phi) is 5.14. The van der Waals surface area contributed by atoms with Gasteiger partial charge in [0.15, 0.2) is 0 Å². The molecule has 0 saturated carbocycles. The van der Waals surface area contributed by atoms with Crippen LogP contribution >= 0.6 is 11.6 Å². The van der Waals surface area contributed by atoms with Crippen molar-refractivity contribution in [3.05, 3.63) is 17.0 Å². The molecule has 1 N–H and O–H groups in total. The average molecular weight is 299 g/mol. The summed E-state index contributed by atoms with van der Waals surface area (Å²) in [5.74, 6) is 1.30. The van der Waals surface area contributed by atoms with Gasteiger partial charge >= 0.3 is 0 Å². The summed E-state index contributed by atoms with van der Waals surface area (Å²) in [4.78, 5) is 22.6. The van der Waals surface area contributed by atoms with Gasteiger partial charge in [0.25, 0.3) is 0 Å². The maximum Gasteiger partial charge on any atom is 0.244 e. The van der Waals surface area contributed by atoms with Crippen molar-refractivity contribution >= 4 is 23.3 Å². The molecule has 7 heteroatoms. The van der Waals surface area contributed by atoms with E-state index in [2.05, 4.69) is 22.2 Å². The zero-order chi connectivity index (χ0) is 14.5. The number of aromatic nitrogens is 2. The van der Waals surface area contributed by atoms with Gasteiger partial charge in [0.1, 0.15) is 22.8 Å². The van der Waals surface area contributed by atoms with Crippen LogP contribution in [0.2, 0.25) is 5.15 Å². The molecule has 0 aromatic carbocycles. The van der Waals surface area contributed by atoms with Gasteiger partial charge in [0.05, 0.1) is 13.2 Å². The summed E-state index contributed by atoms with van der Waals surface area (Å²) in [6.45, 7) is 3.59. The minimum atomic E-state index is -0.380. The van der Waals surface area contributed by atoms with E-state index in [-0.39, 0.29) is 11.9 Å². The summed E-state index contributed by atoms with van der Waals surface area (Å²) in [6, 6.07) is 1.32. The molecule has 0 spiro atoms. The molecule has 2 rings (SSSR count). The van der Waals surface area contributed by atoms with Gasteiger partial charge < -0.3 is 15.0 Å². The van der Waals surface area contributed by atoms with Gasteiger partial charge in [-0.05, 0) is 6.42 Å². The number of morpholine rings is 1. The summed E-state index contributed by atoms with van der Waals surface area (Å²) in [7, 11) is 1.62. The summed E-state index contributed by atoms with van der Waals surface area (Å²) in [5, 5.41) is 3.06. The second-order valence-corrected chi connectivity index (χ2v) is 5.00. The number of rotatable bonds is 4. The van der Waals surface area contributed by atoms with E-state index in [0.717, 1.165) is 12.8 Å². The first-order valence-electron chi connectivity index (χ1n) is 6.75. The van der Waals surface area contributed by atoms with Gasteiger partial charge in [0.2, 0.25) is 5.91 Å². The van der Waals surface area contributed by atoms with Crippen molar-refractivity contribution in [2.24, 2.45) is 0 Å². The molecule has 2 heterocycles. The van der Waals surface area contributed by atoms with Crippen LogP contribution in [0.1, 0.15) is 19.2 Å². The summed E-state index contributed by atoms with van der Waals surface area (Å²) >= 11 is 6.06. The lowest BCUT2D eigenvalue weighted by atomic mass is 10.2. The normalized spacial score (nSPS) is 18.9. The minimum Gasteiger partial charge on any atom is -0.377 e. The van der Waals surface area contributed by atoms with Crippen molar-refractivity contribution in [2.45, 2.75) is 25.8 Å². The smallest absolute Gasteiger partial charge is 0.244 e. The number of anilines is 1. The second kappa shape index (κ2) is 6.85. The van der Waals surface area contributed by atoms with Crippen LogP contribution < -0.4 is 10.2 Å². The Labute approximate surface area is 123 Å². The molecule has 1 aromatic heterocycles. The fraction of sp³-hybridized carbons (Fsp3) is 0.615. The van der Waals surface area contributed by atoms with Crippen LogP contribution in [0.3, 0.4) is 0 Å². The molecule has 1 saturated heterocycles. The zero-order valence-corrected chi connectivity index (χ0v) is 12.5. The van der Waals surface area contributed by atoms with E-state index in [1.165, 1.54) is 0 Å². The van der Waals surface area contributed by atoms with Crippen molar-refractivity contribution < 1.29 is 9.53 Å². The monoisotopic (exact) mass is 298 g/mol. The van der Waals surface area contributed by atoms with Gasteiger partial charge in [-0.2, -0.15) is 0 Å². The van der Waals surface area contributed by atoms with Crippen LogP contribution in [0.25, 0.3) is 0 Å². The van der Waals surface area contributed by atoms with E-state index in [0.29, 0.717) is 36.6 Å². The molecule has 1 unspecified atom stereocenters. The summed E-state index contributed by atoms with van der Waals surface area (Å²) < 4.78 is 5.39. The first-order valence-corrected chi connectivity index (χ1v) is 7.13. The van der Waals surface area contributed by atoms with E-state index < -0.39 is 0 Å².